The van der Waals surface area contributed by atoms with E-state index in [4.69, 9.17) is 4.74 Å². The summed E-state index contributed by atoms with van der Waals surface area (Å²) in [5.41, 5.74) is 4.22. The summed E-state index contributed by atoms with van der Waals surface area (Å²) in [6, 6.07) is 12.2. The Morgan fingerprint density at radius 3 is 2.71 bits per heavy atom. The average molecular weight is 423 g/mol. The van der Waals surface area contributed by atoms with E-state index < -0.39 is 0 Å². The zero-order chi connectivity index (χ0) is 21.8. The van der Waals surface area contributed by atoms with Gasteiger partial charge in [-0.2, -0.15) is 0 Å². The lowest BCUT2D eigenvalue weighted by Crippen LogP contribution is -2.43. The van der Waals surface area contributed by atoms with Gasteiger partial charge in [0.15, 0.2) is 0 Å². The Balaban J connectivity index is 1.54. The lowest BCUT2D eigenvalue weighted by Gasteiger charge is -2.35. The van der Waals surface area contributed by atoms with E-state index in [1.54, 1.807) is 24.5 Å². The fourth-order valence-electron chi connectivity index (χ4n) is 4.22. The van der Waals surface area contributed by atoms with Crippen molar-refractivity contribution in [3.63, 3.8) is 0 Å². The topological polar surface area (TPSA) is 59.4 Å². The van der Waals surface area contributed by atoms with Crippen LogP contribution in [0.1, 0.15) is 33.4 Å². The van der Waals surface area contributed by atoms with Crippen LogP contribution in [-0.2, 0) is 4.74 Å². The Morgan fingerprint density at radius 2 is 2.00 bits per heavy atom. The summed E-state index contributed by atoms with van der Waals surface area (Å²) in [6.07, 6.45) is 3.50. The first kappa shape index (κ1) is 21.2. The van der Waals surface area contributed by atoms with E-state index in [1.165, 1.54) is 6.07 Å². The third-order valence-electron chi connectivity index (χ3n) is 5.76. The number of rotatable bonds is 6. The van der Waals surface area contributed by atoms with E-state index >= 15 is 0 Å². The highest BCUT2D eigenvalue weighted by Crippen LogP contribution is 2.23. The van der Waals surface area contributed by atoms with Crippen molar-refractivity contribution in [2.45, 2.75) is 19.9 Å². The fraction of sp³-hybridized carbons (Fsp3) is 0.333. The van der Waals surface area contributed by atoms with Gasteiger partial charge in [-0.25, -0.2) is 4.39 Å². The number of hydrogen-bond acceptors (Lipinski definition) is 4. The van der Waals surface area contributed by atoms with Gasteiger partial charge in [0, 0.05) is 37.2 Å². The first-order valence-electron chi connectivity index (χ1n) is 10.5. The van der Waals surface area contributed by atoms with E-state index in [9.17, 15) is 9.18 Å². The molecular weight excluding hydrogens is 395 g/mol. The van der Waals surface area contributed by atoms with Gasteiger partial charge in [-0.05, 0) is 49.7 Å². The number of ether oxygens (including phenoxy) is 1. The van der Waals surface area contributed by atoms with E-state index in [0.717, 1.165) is 35.7 Å². The van der Waals surface area contributed by atoms with Crippen molar-refractivity contribution >= 4 is 5.91 Å². The predicted octanol–water partition coefficient (Wildman–Crippen LogP) is 3.43. The second kappa shape index (κ2) is 9.41. The molecule has 0 spiro atoms. The zero-order valence-electron chi connectivity index (χ0n) is 17.8. The molecule has 162 valence electrons. The molecule has 2 aromatic heterocycles. The number of pyridine rings is 1. The average Bonchev–Trinajstić information content (AvgIpc) is 3.09. The zero-order valence-corrected chi connectivity index (χ0v) is 17.8. The molecule has 1 unspecified atom stereocenters. The van der Waals surface area contributed by atoms with Crippen LogP contribution in [0.3, 0.4) is 0 Å². The minimum Gasteiger partial charge on any atom is -0.379 e. The van der Waals surface area contributed by atoms with Gasteiger partial charge < -0.3 is 14.6 Å². The van der Waals surface area contributed by atoms with Crippen LogP contribution in [0.25, 0.3) is 5.69 Å². The second-order valence-electron chi connectivity index (χ2n) is 7.76. The molecular formula is C24H27FN4O2. The normalized spacial score (nSPS) is 15.6. The number of hydrogen-bond donors (Lipinski definition) is 1. The summed E-state index contributed by atoms with van der Waals surface area (Å²) in [7, 11) is 0. The maximum absolute atomic E-state index is 13.9. The number of halogens is 1. The van der Waals surface area contributed by atoms with Crippen LogP contribution in [0, 0.1) is 19.7 Å². The summed E-state index contributed by atoms with van der Waals surface area (Å²) < 4.78 is 21.4. The Bertz CT molecular complexity index is 1040. The predicted molar refractivity (Wildman–Crippen MR) is 117 cm³/mol. The lowest BCUT2D eigenvalue weighted by molar-refractivity contribution is 0.0162. The molecule has 1 atom stereocenters. The van der Waals surface area contributed by atoms with Crippen molar-refractivity contribution in [2.75, 3.05) is 32.8 Å². The number of aromatic nitrogens is 2. The van der Waals surface area contributed by atoms with Gasteiger partial charge >= 0.3 is 0 Å². The molecule has 1 aliphatic heterocycles. The minimum atomic E-state index is -0.276. The van der Waals surface area contributed by atoms with Gasteiger partial charge in [0.1, 0.15) is 5.82 Å². The molecule has 1 amide bonds. The van der Waals surface area contributed by atoms with E-state index in [0.29, 0.717) is 25.3 Å². The van der Waals surface area contributed by atoms with E-state index in [1.807, 2.05) is 42.7 Å². The highest BCUT2D eigenvalue weighted by molar-refractivity contribution is 5.96. The smallest absolute Gasteiger partial charge is 0.253 e. The highest BCUT2D eigenvalue weighted by atomic mass is 19.1. The molecule has 1 N–H and O–H groups in total. The molecule has 0 saturated carbocycles. The van der Waals surface area contributed by atoms with Crippen LogP contribution in [0.4, 0.5) is 4.39 Å². The summed E-state index contributed by atoms with van der Waals surface area (Å²) in [6.45, 7) is 7.04. The molecule has 0 aliphatic carbocycles. The maximum atomic E-state index is 13.9. The van der Waals surface area contributed by atoms with Crippen LogP contribution in [-0.4, -0.2) is 53.2 Å². The maximum Gasteiger partial charge on any atom is 0.253 e. The minimum absolute atomic E-state index is 0.120. The summed E-state index contributed by atoms with van der Waals surface area (Å²) >= 11 is 0. The first-order valence-corrected chi connectivity index (χ1v) is 10.5. The van der Waals surface area contributed by atoms with Gasteiger partial charge in [-0.1, -0.05) is 12.1 Å². The van der Waals surface area contributed by atoms with Gasteiger partial charge in [0.25, 0.3) is 5.91 Å². The molecule has 4 rings (SSSR count). The Labute approximate surface area is 181 Å². The van der Waals surface area contributed by atoms with Gasteiger partial charge in [-0.15, -0.1) is 0 Å². The number of amides is 1. The van der Waals surface area contributed by atoms with Crippen molar-refractivity contribution in [3.8, 4) is 5.69 Å². The van der Waals surface area contributed by atoms with E-state index in [2.05, 4.69) is 15.2 Å². The van der Waals surface area contributed by atoms with E-state index in [-0.39, 0.29) is 17.8 Å². The SMILES string of the molecule is Cc1cc(C(=O)NCC(c2cccc(F)c2)N2CCOCC2)c(C)n1-c1cccnc1. The number of nitrogens with one attached hydrogen (secondary N) is 1. The quantitative estimate of drug-likeness (QED) is 0.661. The van der Waals surface area contributed by atoms with Gasteiger partial charge in [0.2, 0.25) is 0 Å². The van der Waals surface area contributed by atoms with Crippen molar-refractivity contribution in [3.05, 3.63) is 83.2 Å². The molecule has 0 bridgehead atoms. The van der Waals surface area contributed by atoms with Crippen LogP contribution in [0.2, 0.25) is 0 Å². The Kier molecular flexibility index (Phi) is 6.44. The first-order chi connectivity index (χ1) is 15.0. The third kappa shape index (κ3) is 4.68. The molecule has 7 heteroatoms. The summed E-state index contributed by atoms with van der Waals surface area (Å²) in [4.78, 5) is 19.5. The highest BCUT2D eigenvalue weighted by Gasteiger charge is 2.25. The number of aryl methyl sites for hydroxylation is 1. The lowest BCUT2D eigenvalue weighted by atomic mass is 10.0. The van der Waals surface area contributed by atoms with Crippen molar-refractivity contribution in [1.29, 1.82) is 0 Å². The monoisotopic (exact) mass is 422 g/mol. The van der Waals surface area contributed by atoms with Crippen LogP contribution < -0.4 is 5.32 Å². The second-order valence-corrected chi connectivity index (χ2v) is 7.76. The molecule has 1 fully saturated rings. The number of carbonyl (C=O) groups excluding carboxylic acids is 1. The molecule has 3 heterocycles. The number of benzene rings is 1. The van der Waals surface area contributed by atoms with Crippen molar-refractivity contribution in [1.82, 2.24) is 19.8 Å². The van der Waals surface area contributed by atoms with Crippen LogP contribution in [0.5, 0.6) is 0 Å². The fourth-order valence-corrected chi connectivity index (χ4v) is 4.22. The number of morpholine rings is 1. The van der Waals surface area contributed by atoms with Crippen LogP contribution in [0.15, 0.2) is 54.9 Å². The molecule has 1 aromatic carbocycles. The molecule has 6 nitrogen and oxygen atoms in total. The number of nitrogens with zero attached hydrogens (tertiary/aromatic N) is 3. The summed E-state index contributed by atoms with van der Waals surface area (Å²) in [5, 5.41) is 3.07. The van der Waals surface area contributed by atoms with Crippen LogP contribution >= 0.6 is 0 Å². The van der Waals surface area contributed by atoms with Gasteiger partial charge in [0.05, 0.1) is 36.7 Å². The molecule has 3 aromatic rings. The van der Waals surface area contributed by atoms with Crippen molar-refractivity contribution in [2.24, 2.45) is 0 Å². The third-order valence-corrected chi connectivity index (χ3v) is 5.76. The number of carbonyl (C=O) groups is 1. The largest absolute Gasteiger partial charge is 0.379 e. The Morgan fingerprint density at radius 1 is 1.19 bits per heavy atom. The molecule has 1 saturated heterocycles. The molecule has 1 aliphatic rings. The summed E-state index contributed by atoms with van der Waals surface area (Å²) in [5.74, 6) is -0.417. The Hall–Kier alpha value is -3.03. The van der Waals surface area contributed by atoms with Crippen molar-refractivity contribution < 1.29 is 13.9 Å². The molecule has 0 radical (unpaired) electrons. The standard InChI is InChI=1S/C24H27FN4O2/c1-17-13-22(18(2)29(17)21-7-4-8-26-15-21)24(30)27-16-23(28-9-11-31-12-10-28)19-5-3-6-20(25)14-19/h3-8,13-15,23H,9-12,16H2,1-2H3,(H,27,30). The van der Waals surface area contributed by atoms with Gasteiger partial charge in [-0.3, -0.25) is 14.7 Å². The molecule has 31 heavy (non-hydrogen) atoms.